The van der Waals surface area contributed by atoms with E-state index in [-0.39, 0.29) is 5.76 Å². The van der Waals surface area contributed by atoms with Crippen LogP contribution >= 0.6 is 0 Å². The average molecular weight is 254 g/mol. The molecule has 0 amide bonds. The van der Waals surface area contributed by atoms with Crippen LogP contribution in [0, 0.1) is 6.92 Å². The number of hydrogen-bond acceptors (Lipinski definition) is 2. The van der Waals surface area contributed by atoms with Crippen LogP contribution in [0.25, 0.3) is 11.3 Å². The van der Waals surface area contributed by atoms with Gasteiger partial charge in [-0.2, -0.15) is 13.2 Å². The Morgan fingerprint density at radius 2 is 1.89 bits per heavy atom. The maximum absolute atomic E-state index is 12.5. The van der Waals surface area contributed by atoms with Crippen LogP contribution in [0.2, 0.25) is 0 Å². The van der Waals surface area contributed by atoms with Gasteiger partial charge >= 0.3 is 6.18 Å². The zero-order chi connectivity index (χ0) is 13.3. The van der Waals surface area contributed by atoms with Gasteiger partial charge in [0.15, 0.2) is 12.0 Å². The largest absolute Gasteiger partial charge is 0.453 e. The molecule has 0 spiro atoms. The first-order chi connectivity index (χ1) is 8.41. The number of rotatable bonds is 2. The smallest absolute Gasteiger partial charge is 0.416 e. The predicted molar refractivity (Wildman–Crippen MR) is 59.3 cm³/mol. The monoisotopic (exact) mass is 254 g/mol. The zero-order valence-electron chi connectivity index (χ0n) is 9.41. The van der Waals surface area contributed by atoms with Crippen molar-refractivity contribution in [1.29, 1.82) is 0 Å². The lowest BCUT2D eigenvalue weighted by Gasteiger charge is -2.09. The van der Waals surface area contributed by atoms with E-state index >= 15 is 0 Å². The first kappa shape index (κ1) is 12.4. The van der Waals surface area contributed by atoms with Crippen molar-refractivity contribution in [2.75, 3.05) is 0 Å². The summed E-state index contributed by atoms with van der Waals surface area (Å²) in [6, 6.07) is 6.41. The Morgan fingerprint density at radius 3 is 2.39 bits per heavy atom. The van der Waals surface area contributed by atoms with Gasteiger partial charge < -0.3 is 4.42 Å². The first-order valence-corrected chi connectivity index (χ1v) is 5.15. The number of aldehydes is 1. The molecule has 1 heterocycles. The number of carbonyl (C=O) groups excluding carboxylic acids is 1. The van der Waals surface area contributed by atoms with Crippen molar-refractivity contribution < 1.29 is 22.4 Å². The number of aryl methyl sites for hydroxylation is 1. The molecule has 1 aromatic heterocycles. The highest BCUT2D eigenvalue weighted by Crippen LogP contribution is 2.33. The fourth-order valence-electron chi connectivity index (χ4n) is 1.68. The van der Waals surface area contributed by atoms with Crippen molar-refractivity contribution in [3.63, 3.8) is 0 Å². The second-order valence-electron chi connectivity index (χ2n) is 3.85. The second kappa shape index (κ2) is 4.33. The van der Waals surface area contributed by atoms with Crippen molar-refractivity contribution in [2.24, 2.45) is 0 Å². The predicted octanol–water partition coefficient (Wildman–Crippen LogP) is 4.09. The van der Waals surface area contributed by atoms with Crippen LogP contribution in [0.5, 0.6) is 0 Å². The Kier molecular flexibility index (Phi) is 2.98. The maximum Gasteiger partial charge on any atom is 0.416 e. The Labute approximate surface area is 101 Å². The van der Waals surface area contributed by atoms with E-state index in [4.69, 9.17) is 4.42 Å². The average Bonchev–Trinajstić information content (AvgIpc) is 2.76. The molecule has 0 fully saturated rings. The van der Waals surface area contributed by atoms with Crippen LogP contribution in [0.15, 0.2) is 34.7 Å². The van der Waals surface area contributed by atoms with Gasteiger partial charge in [-0.1, -0.05) is 6.07 Å². The molecule has 5 heteroatoms. The number of furan rings is 1. The van der Waals surface area contributed by atoms with E-state index in [1.807, 2.05) is 0 Å². The molecule has 0 saturated heterocycles. The molecule has 0 radical (unpaired) electrons. The van der Waals surface area contributed by atoms with Gasteiger partial charge in [0.25, 0.3) is 0 Å². The number of benzene rings is 1. The summed E-state index contributed by atoms with van der Waals surface area (Å²) >= 11 is 0. The Hall–Kier alpha value is -2.04. The topological polar surface area (TPSA) is 30.2 Å². The minimum Gasteiger partial charge on any atom is -0.453 e. The molecule has 18 heavy (non-hydrogen) atoms. The lowest BCUT2D eigenvalue weighted by atomic mass is 10.0. The van der Waals surface area contributed by atoms with Gasteiger partial charge in [-0.3, -0.25) is 4.79 Å². The summed E-state index contributed by atoms with van der Waals surface area (Å²) in [6.45, 7) is 1.56. The SMILES string of the molecule is Cc1cc(C(F)(F)F)ccc1-c1ccc(C=O)o1. The summed E-state index contributed by atoms with van der Waals surface area (Å²) in [5, 5.41) is 0. The van der Waals surface area contributed by atoms with Crippen LogP contribution in [-0.2, 0) is 6.18 Å². The zero-order valence-corrected chi connectivity index (χ0v) is 9.41. The van der Waals surface area contributed by atoms with E-state index in [1.165, 1.54) is 12.1 Å². The Bertz CT molecular complexity index is 582. The van der Waals surface area contributed by atoms with Gasteiger partial charge in [-0.25, -0.2) is 0 Å². The van der Waals surface area contributed by atoms with Gasteiger partial charge in [0.2, 0.25) is 0 Å². The summed E-state index contributed by atoms with van der Waals surface area (Å²) in [5.74, 6) is 0.521. The third-order valence-corrected chi connectivity index (χ3v) is 2.56. The highest BCUT2D eigenvalue weighted by molar-refractivity contribution is 5.73. The summed E-state index contributed by atoms with van der Waals surface area (Å²) in [5.41, 5.74) is 0.277. The molecule has 1 aromatic carbocycles. The molecule has 0 atom stereocenters. The Morgan fingerprint density at radius 1 is 1.17 bits per heavy atom. The van der Waals surface area contributed by atoms with Crippen molar-refractivity contribution >= 4 is 6.29 Å². The summed E-state index contributed by atoms with van der Waals surface area (Å²) in [7, 11) is 0. The van der Waals surface area contributed by atoms with Crippen LogP contribution in [0.3, 0.4) is 0 Å². The number of alkyl halides is 3. The fourth-order valence-corrected chi connectivity index (χ4v) is 1.68. The van der Waals surface area contributed by atoms with Crippen molar-refractivity contribution in [3.8, 4) is 11.3 Å². The molecular formula is C13H9F3O2. The van der Waals surface area contributed by atoms with Gasteiger partial charge in [0, 0.05) is 5.56 Å². The molecule has 2 rings (SSSR count). The number of hydrogen-bond donors (Lipinski definition) is 0. The first-order valence-electron chi connectivity index (χ1n) is 5.15. The lowest BCUT2D eigenvalue weighted by Crippen LogP contribution is -2.05. The van der Waals surface area contributed by atoms with Crippen LogP contribution < -0.4 is 0 Å². The maximum atomic E-state index is 12.5. The molecule has 0 N–H and O–H groups in total. The van der Waals surface area contributed by atoms with E-state index in [2.05, 4.69) is 0 Å². The molecule has 0 unspecified atom stereocenters. The van der Waals surface area contributed by atoms with Crippen LogP contribution in [-0.4, -0.2) is 6.29 Å². The van der Waals surface area contributed by atoms with Gasteiger partial charge in [0.1, 0.15) is 5.76 Å². The highest BCUT2D eigenvalue weighted by Gasteiger charge is 2.30. The summed E-state index contributed by atoms with van der Waals surface area (Å²) in [4.78, 5) is 10.5. The third kappa shape index (κ3) is 2.30. The quantitative estimate of drug-likeness (QED) is 0.755. The third-order valence-electron chi connectivity index (χ3n) is 2.56. The van der Waals surface area contributed by atoms with E-state index in [9.17, 15) is 18.0 Å². The molecule has 94 valence electrons. The lowest BCUT2D eigenvalue weighted by molar-refractivity contribution is -0.137. The van der Waals surface area contributed by atoms with E-state index < -0.39 is 11.7 Å². The summed E-state index contributed by atoms with van der Waals surface area (Å²) < 4.78 is 42.6. The minimum atomic E-state index is -4.36. The standard InChI is InChI=1S/C13H9F3O2/c1-8-6-9(13(14,15)16)2-4-11(8)12-5-3-10(7-17)18-12/h2-7H,1H3. The molecule has 0 aliphatic rings. The van der Waals surface area contributed by atoms with Gasteiger partial charge in [-0.15, -0.1) is 0 Å². The van der Waals surface area contributed by atoms with E-state index in [0.29, 0.717) is 23.2 Å². The molecular weight excluding hydrogens is 245 g/mol. The number of carbonyl (C=O) groups is 1. The normalized spacial score (nSPS) is 11.6. The minimum absolute atomic E-state index is 0.143. The number of halogens is 3. The molecule has 0 aliphatic heterocycles. The van der Waals surface area contributed by atoms with E-state index in [0.717, 1.165) is 12.1 Å². The van der Waals surface area contributed by atoms with E-state index in [1.54, 1.807) is 13.0 Å². The molecule has 0 saturated carbocycles. The van der Waals surface area contributed by atoms with Crippen LogP contribution in [0.4, 0.5) is 13.2 Å². The molecule has 0 aliphatic carbocycles. The van der Waals surface area contributed by atoms with Crippen molar-refractivity contribution in [1.82, 2.24) is 0 Å². The van der Waals surface area contributed by atoms with Crippen molar-refractivity contribution in [2.45, 2.75) is 13.1 Å². The van der Waals surface area contributed by atoms with Gasteiger partial charge in [-0.05, 0) is 36.8 Å². The van der Waals surface area contributed by atoms with Gasteiger partial charge in [0.05, 0.1) is 5.56 Å². The van der Waals surface area contributed by atoms with Crippen molar-refractivity contribution in [3.05, 3.63) is 47.2 Å². The molecule has 2 aromatic rings. The highest BCUT2D eigenvalue weighted by atomic mass is 19.4. The molecule has 2 nitrogen and oxygen atoms in total. The van der Waals surface area contributed by atoms with Crippen LogP contribution in [0.1, 0.15) is 21.7 Å². The second-order valence-corrected chi connectivity index (χ2v) is 3.85. The molecule has 0 bridgehead atoms. The summed E-state index contributed by atoms with van der Waals surface area (Å²) in [6.07, 6.45) is -3.82. The fraction of sp³-hybridized carbons (Fsp3) is 0.154. The Balaban J connectivity index is 2.44.